The molecule has 0 N–H and O–H groups in total. The lowest BCUT2D eigenvalue weighted by molar-refractivity contribution is -0.132. The maximum atomic E-state index is 11.5. The molecular formula is C26H22Cl2O4. The first-order valence-corrected chi connectivity index (χ1v) is 11.1. The monoisotopic (exact) mass is 468 g/mol. The van der Waals surface area contributed by atoms with E-state index in [9.17, 15) is 9.59 Å². The molecule has 0 aliphatic rings. The van der Waals surface area contributed by atoms with Crippen LogP contribution in [0.15, 0.2) is 78.9 Å². The van der Waals surface area contributed by atoms with Gasteiger partial charge in [-0.1, -0.05) is 61.5 Å². The van der Waals surface area contributed by atoms with Gasteiger partial charge in [0, 0.05) is 0 Å². The molecule has 3 aromatic rings. The molecule has 0 aromatic heterocycles. The highest BCUT2D eigenvalue weighted by molar-refractivity contribution is 6.26. The smallest absolute Gasteiger partial charge is 0.326 e. The maximum absolute atomic E-state index is 11.5. The van der Waals surface area contributed by atoms with Gasteiger partial charge >= 0.3 is 11.9 Å². The molecule has 0 heterocycles. The summed E-state index contributed by atoms with van der Waals surface area (Å²) in [7, 11) is 0. The topological polar surface area (TPSA) is 52.6 Å². The molecule has 0 aliphatic heterocycles. The van der Waals surface area contributed by atoms with E-state index in [2.05, 4.69) is 19.1 Å². The molecule has 0 bridgehead atoms. The zero-order chi connectivity index (χ0) is 22.9. The first kappa shape index (κ1) is 23.6. The largest absolute Gasteiger partial charge is 0.426 e. The molecule has 0 amide bonds. The Morgan fingerprint density at radius 1 is 0.656 bits per heavy atom. The summed E-state index contributed by atoms with van der Waals surface area (Å²) >= 11 is 11.0. The van der Waals surface area contributed by atoms with Crippen molar-refractivity contribution in [3.63, 3.8) is 0 Å². The molecule has 0 aliphatic carbocycles. The minimum atomic E-state index is -0.504. The molecule has 0 saturated heterocycles. The average Bonchev–Trinajstić information content (AvgIpc) is 2.84. The summed E-state index contributed by atoms with van der Waals surface area (Å²) < 4.78 is 10.4. The molecule has 0 spiro atoms. The Morgan fingerprint density at radius 2 is 1.09 bits per heavy atom. The molecule has 3 aromatic carbocycles. The predicted octanol–water partition coefficient (Wildman–Crippen LogP) is 6.34. The normalized spacial score (nSPS) is 10.3. The fraction of sp³-hybridized carbons (Fsp3) is 0.154. The number of alkyl halides is 2. The van der Waals surface area contributed by atoms with Gasteiger partial charge in [-0.15, -0.1) is 23.2 Å². The highest BCUT2D eigenvalue weighted by atomic mass is 35.5. The molecule has 0 saturated carbocycles. The number of halogens is 2. The number of benzene rings is 3. The summed E-state index contributed by atoms with van der Waals surface area (Å²) in [5, 5.41) is 0. The Balaban J connectivity index is 2.07. The second-order valence-electron chi connectivity index (χ2n) is 6.84. The summed E-state index contributed by atoms with van der Waals surface area (Å²) in [6, 6.07) is 24.8. The van der Waals surface area contributed by atoms with E-state index in [1.165, 1.54) is 0 Å². The van der Waals surface area contributed by atoms with E-state index in [1.54, 1.807) is 24.3 Å². The second kappa shape index (κ2) is 11.5. The molecule has 4 nitrogen and oxygen atoms in total. The SMILES string of the molecule is CCC(=C(c1ccc(OC(=O)CCl)cc1)c1ccc(OC(=O)CCl)cc1)c1ccccc1. The number of carbonyl (C=O) groups excluding carboxylic acids is 2. The van der Waals surface area contributed by atoms with Crippen LogP contribution in [0.2, 0.25) is 0 Å². The summed E-state index contributed by atoms with van der Waals surface area (Å²) in [6.07, 6.45) is 0.797. The number of allylic oxidation sites excluding steroid dienone is 1. The van der Waals surface area contributed by atoms with Crippen molar-refractivity contribution >= 4 is 46.3 Å². The average molecular weight is 469 g/mol. The van der Waals surface area contributed by atoms with Gasteiger partial charge in [0.25, 0.3) is 0 Å². The zero-order valence-electron chi connectivity index (χ0n) is 17.5. The third-order valence-corrected chi connectivity index (χ3v) is 5.18. The van der Waals surface area contributed by atoms with Crippen molar-refractivity contribution < 1.29 is 19.1 Å². The van der Waals surface area contributed by atoms with Crippen molar-refractivity contribution in [1.82, 2.24) is 0 Å². The highest BCUT2D eigenvalue weighted by Crippen LogP contribution is 2.35. The van der Waals surface area contributed by atoms with Crippen LogP contribution in [0, 0.1) is 0 Å². The fourth-order valence-electron chi connectivity index (χ4n) is 3.38. The molecule has 6 heteroatoms. The number of hydrogen-bond donors (Lipinski definition) is 0. The van der Waals surface area contributed by atoms with Crippen LogP contribution in [0.4, 0.5) is 0 Å². The van der Waals surface area contributed by atoms with Crippen molar-refractivity contribution in [2.75, 3.05) is 11.8 Å². The van der Waals surface area contributed by atoms with Gasteiger partial charge in [0.2, 0.25) is 0 Å². The number of carbonyl (C=O) groups is 2. The summed E-state index contributed by atoms with van der Waals surface area (Å²) in [6.45, 7) is 2.11. The van der Waals surface area contributed by atoms with Crippen molar-refractivity contribution in [2.45, 2.75) is 13.3 Å². The lowest BCUT2D eigenvalue weighted by atomic mass is 9.88. The Bertz CT molecular complexity index is 1030. The van der Waals surface area contributed by atoms with Crippen LogP contribution < -0.4 is 9.47 Å². The minimum absolute atomic E-state index is 0.207. The summed E-state index contributed by atoms with van der Waals surface area (Å²) in [5.41, 5.74) is 5.22. The van der Waals surface area contributed by atoms with Gasteiger partial charge in [0.15, 0.2) is 0 Å². The van der Waals surface area contributed by atoms with Crippen LogP contribution >= 0.6 is 23.2 Å². The molecule has 164 valence electrons. The molecule has 3 rings (SSSR count). The lowest BCUT2D eigenvalue weighted by Crippen LogP contribution is -2.09. The van der Waals surface area contributed by atoms with Gasteiger partial charge in [-0.25, -0.2) is 0 Å². The molecule has 0 fully saturated rings. The molecule has 0 radical (unpaired) electrons. The Morgan fingerprint density at radius 3 is 1.47 bits per heavy atom. The van der Waals surface area contributed by atoms with E-state index in [4.69, 9.17) is 32.7 Å². The van der Waals surface area contributed by atoms with Crippen LogP contribution in [-0.4, -0.2) is 23.7 Å². The number of ether oxygens (including phenoxy) is 2. The quantitative estimate of drug-likeness (QED) is 0.167. The molecule has 32 heavy (non-hydrogen) atoms. The van der Waals surface area contributed by atoms with E-state index in [-0.39, 0.29) is 11.8 Å². The Labute approximate surface area is 197 Å². The van der Waals surface area contributed by atoms with E-state index in [0.29, 0.717) is 11.5 Å². The van der Waals surface area contributed by atoms with Crippen molar-refractivity contribution in [3.05, 3.63) is 95.6 Å². The zero-order valence-corrected chi connectivity index (χ0v) is 19.0. The van der Waals surface area contributed by atoms with Crippen molar-refractivity contribution in [2.24, 2.45) is 0 Å². The first-order valence-electron chi connectivity index (χ1n) is 10.1. The van der Waals surface area contributed by atoms with Crippen molar-refractivity contribution in [1.29, 1.82) is 0 Å². The van der Waals surface area contributed by atoms with Crippen LogP contribution in [-0.2, 0) is 9.59 Å². The fourth-order valence-corrected chi connectivity index (χ4v) is 3.49. The van der Waals surface area contributed by atoms with Crippen molar-refractivity contribution in [3.8, 4) is 11.5 Å². The van der Waals surface area contributed by atoms with E-state index in [1.807, 2.05) is 42.5 Å². The van der Waals surface area contributed by atoms with Crippen LogP contribution in [0.3, 0.4) is 0 Å². The second-order valence-corrected chi connectivity index (χ2v) is 7.37. The lowest BCUT2D eigenvalue weighted by Gasteiger charge is -2.17. The minimum Gasteiger partial charge on any atom is -0.426 e. The molecule has 0 unspecified atom stereocenters. The van der Waals surface area contributed by atoms with Crippen LogP contribution in [0.1, 0.15) is 30.0 Å². The molecule has 0 atom stereocenters. The van der Waals surface area contributed by atoms with Gasteiger partial charge in [-0.05, 0) is 58.5 Å². The van der Waals surface area contributed by atoms with Gasteiger partial charge in [0.1, 0.15) is 23.3 Å². The van der Waals surface area contributed by atoms with E-state index in [0.717, 1.165) is 34.3 Å². The number of hydrogen-bond acceptors (Lipinski definition) is 4. The van der Waals surface area contributed by atoms with E-state index < -0.39 is 11.9 Å². The van der Waals surface area contributed by atoms with Crippen LogP contribution in [0.5, 0.6) is 11.5 Å². The highest BCUT2D eigenvalue weighted by Gasteiger charge is 2.14. The van der Waals surface area contributed by atoms with E-state index >= 15 is 0 Å². The Hall–Kier alpha value is -3.08. The third-order valence-electron chi connectivity index (χ3n) is 4.75. The standard InChI is InChI=1S/C26H22Cl2O4/c1-2-23(18-6-4-3-5-7-18)26(19-8-12-21(13-9-19)31-24(29)16-27)20-10-14-22(15-11-20)32-25(30)17-28/h3-15H,2,16-17H2,1H3. The van der Waals surface area contributed by atoms with Gasteiger partial charge in [-0.2, -0.15) is 0 Å². The third kappa shape index (κ3) is 6.00. The summed E-state index contributed by atoms with van der Waals surface area (Å²) in [5.74, 6) is -0.561. The first-order chi connectivity index (χ1) is 15.5. The predicted molar refractivity (Wildman–Crippen MR) is 128 cm³/mol. The van der Waals surface area contributed by atoms with Gasteiger partial charge in [0.05, 0.1) is 0 Å². The maximum Gasteiger partial charge on any atom is 0.326 e. The number of rotatable bonds is 8. The number of esters is 2. The molecular weight excluding hydrogens is 447 g/mol. The van der Waals surface area contributed by atoms with Gasteiger partial charge < -0.3 is 9.47 Å². The summed E-state index contributed by atoms with van der Waals surface area (Å²) in [4.78, 5) is 23.0. The van der Waals surface area contributed by atoms with Crippen LogP contribution in [0.25, 0.3) is 11.1 Å². The van der Waals surface area contributed by atoms with Gasteiger partial charge in [-0.3, -0.25) is 9.59 Å². The Kier molecular flexibility index (Phi) is 8.48.